The number of likely N-dealkylation sites (tertiary alicyclic amines) is 1. The van der Waals surface area contributed by atoms with Crippen molar-refractivity contribution in [2.75, 3.05) is 39.4 Å². The second-order valence-electron chi connectivity index (χ2n) is 5.83. The number of carboxylic acids is 1. The summed E-state index contributed by atoms with van der Waals surface area (Å²) in [6.07, 6.45) is 1.22. The normalized spacial score (nSPS) is 24.3. The van der Waals surface area contributed by atoms with E-state index >= 15 is 0 Å². The lowest BCUT2D eigenvalue weighted by Gasteiger charge is -2.32. The molecule has 1 unspecified atom stereocenters. The quantitative estimate of drug-likeness (QED) is 0.905. The van der Waals surface area contributed by atoms with Crippen LogP contribution in [0.5, 0.6) is 0 Å². The molecule has 0 saturated carbocycles. The summed E-state index contributed by atoms with van der Waals surface area (Å²) in [5.41, 5.74) is 1.54. The van der Waals surface area contributed by atoms with Crippen molar-refractivity contribution in [2.45, 2.75) is 19.0 Å². The molecular weight excluding hydrogens is 268 g/mol. The second kappa shape index (κ2) is 6.56. The average Bonchev–Trinajstić information content (AvgIpc) is 2.97. The maximum Gasteiger partial charge on any atom is 0.335 e. The molecule has 2 heterocycles. The van der Waals surface area contributed by atoms with Crippen molar-refractivity contribution in [1.82, 2.24) is 9.80 Å². The standard InChI is InChI=1S/C16H22N2O3/c19-16(20)14-3-1-13(2-4-14)11-17-6-5-15(12-17)18-7-9-21-10-8-18/h1-4,15H,5-12H2,(H,19,20). The number of rotatable bonds is 4. The lowest BCUT2D eigenvalue weighted by Crippen LogP contribution is -2.44. The molecule has 0 spiro atoms. The van der Waals surface area contributed by atoms with Crippen molar-refractivity contribution >= 4 is 5.97 Å². The van der Waals surface area contributed by atoms with E-state index < -0.39 is 5.97 Å². The van der Waals surface area contributed by atoms with Gasteiger partial charge in [0.05, 0.1) is 18.8 Å². The summed E-state index contributed by atoms with van der Waals surface area (Å²) < 4.78 is 5.41. The van der Waals surface area contributed by atoms with Crippen LogP contribution in [-0.2, 0) is 11.3 Å². The molecule has 3 rings (SSSR count). The van der Waals surface area contributed by atoms with Crippen LogP contribution in [0, 0.1) is 0 Å². The van der Waals surface area contributed by atoms with Gasteiger partial charge in [-0.3, -0.25) is 9.80 Å². The molecular formula is C16H22N2O3. The number of ether oxygens (including phenoxy) is 1. The van der Waals surface area contributed by atoms with Crippen LogP contribution in [0.2, 0.25) is 0 Å². The summed E-state index contributed by atoms with van der Waals surface area (Å²) in [5, 5.41) is 8.91. The highest BCUT2D eigenvalue weighted by Crippen LogP contribution is 2.19. The van der Waals surface area contributed by atoms with Crippen LogP contribution in [0.3, 0.4) is 0 Å². The molecule has 0 aromatic heterocycles. The summed E-state index contributed by atoms with van der Waals surface area (Å²) in [6, 6.07) is 7.87. The molecule has 0 amide bonds. The highest BCUT2D eigenvalue weighted by atomic mass is 16.5. The van der Waals surface area contributed by atoms with E-state index in [1.54, 1.807) is 12.1 Å². The minimum atomic E-state index is -0.866. The van der Waals surface area contributed by atoms with Gasteiger partial charge in [-0.25, -0.2) is 4.79 Å². The molecule has 5 heteroatoms. The zero-order valence-corrected chi connectivity index (χ0v) is 12.2. The van der Waals surface area contributed by atoms with Gasteiger partial charge in [0.25, 0.3) is 0 Å². The third-order valence-electron chi connectivity index (χ3n) is 4.42. The van der Waals surface area contributed by atoms with Crippen LogP contribution >= 0.6 is 0 Å². The summed E-state index contributed by atoms with van der Waals surface area (Å²) in [5.74, 6) is -0.866. The molecule has 2 aliphatic rings. The molecule has 0 aliphatic carbocycles. The fourth-order valence-electron chi connectivity index (χ4n) is 3.21. The van der Waals surface area contributed by atoms with Crippen LogP contribution in [0.1, 0.15) is 22.3 Å². The van der Waals surface area contributed by atoms with E-state index in [4.69, 9.17) is 9.84 Å². The first kappa shape index (κ1) is 14.5. The van der Waals surface area contributed by atoms with Crippen molar-refractivity contribution in [2.24, 2.45) is 0 Å². The Morgan fingerprint density at radius 3 is 2.57 bits per heavy atom. The minimum Gasteiger partial charge on any atom is -0.478 e. The molecule has 0 radical (unpaired) electrons. The van der Waals surface area contributed by atoms with E-state index in [1.165, 1.54) is 12.0 Å². The van der Waals surface area contributed by atoms with Gasteiger partial charge in [0.1, 0.15) is 0 Å². The van der Waals surface area contributed by atoms with Gasteiger partial charge in [-0.2, -0.15) is 0 Å². The maximum atomic E-state index is 10.8. The highest BCUT2D eigenvalue weighted by Gasteiger charge is 2.28. The number of carboxylic acid groups (broad SMARTS) is 1. The Hall–Kier alpha value is -1.43. The van der Waals surface area contributed by atoms with Gasteiger partial charge >= 0.3 is 5.97 Å². The topological polar surface area (TPSA) is 53.0 Å². The van der Waals surface area contributed by atoms with Gasteiger partial charge in [0.15, 0.2) is 0 Å². The van der Waals surface area contributed by atoms with E-state index in [9.17, 15) is 4.79 Å². The fraction of sp³-hybridized carbons (Fsp3) is 0.562. The molecule has 1 aromatic carbocycles. The summed E-state index contributed by atoms with van der Waals surface area (Å²) in [6.45, 7) is 6.92. The van der Waals surface area contributed by atoms with Crippen molar-refractivity contribution in [3.8, 4) is 0 Å². The molecule has 2 fully saturated rings. The van der Waals surface area contributed by atoms with Gasteiger partial charge in [-0.15, -0.1) is 0 Å². The minimum absolute atomic E-state index is 0.353. The molecule has 1 atom stereocenters. The monoisotopic (exact) mass is 290 g/mol. The van der Waals surface area contributed by atoms with Crippen LogP contribution in [0.15, 0.2) is 24.3 Å². The van der Waals surface area contributed by atoms with Crippen LogP contribution in [0.4, 0.5) is 0 Å². The van der Waals surface area contributed by atoms with Crippen LogP contribution in [0.25, 0.3) is 0 Å². The number of nitrogens with zero attached hydrogens (tertiary/aromatic N) is 2. The summed E-state index contributed by atoms with van der Waals surface area (Å²) in [7, 11) is 0. The lowest BCUT2D eigenvalue weighted by atomic mass is 10.1. The Bertz CT molecular complexity index is 483. The third kappa shape index (κ3) is 3.61. The Kier molecular flexibility index (Phi) is 4.53. The molecule has 2 aliphatic heterocycles. The Morgan fingerprint density at radius 1 is 1.19 bits per heavy atom. The zero-order valence-electron chi connectivity index (χ0n) is 12.2. The number of aromatic carboxylic acids is 1. The first-order valence-electron chi connectivity index (χ1n) is 7.59. The predicted octanol–water partition coefficient (Wildman–Crippen LogP) is 1.29. The zero-order chi connectivity index (χ0) is 14.7. The van der Waals surface area contributed by atoms with E-state index in [0.29, 0.717) is 11.6 Å². The molecule has 1 N–H and O–H groups in total. The Morgan fingerprint density at radius 2 is 1.90 bits per heavy atom. The van der Waals surface area contributed by atoms with Crippen molar-refractivity contribution < 1.29 is 14.6 Å². The number of carbonyl (C=O) groups is 1. The lowest BCUT2D eigenvalue weighted by molar-refractivity contribution is 0.0184. The van der Waals surface area contributed by atoms with Crippen molar-refractivity contribution in [1.29, 1.82) is 0 Å². The van der Waals surface area contributed by atoms with E-state index in [0.717, 1.165) is 45.9 Å². The summed E-state index contributed by atoms with van der Waals surface area (Å²) in [4.78, 5) is 15.8. The molecule has 0 bridgehead atoms. The summed E-state index contributed by atoms with van der Waals surface area (Å²) >= 11 is 0. The maximum absolute atomic E-state index is 10.8. The SMILES string of the molecule is O=C(O)c1ccc(CN2CCC(N3CCOCC3)C2)cc1. The fourth-order valence-corrected chi connectivity index (χ4v) is 3.21. The van der Waals surface area contributed by atoms with Crippen LogP contribution in [-0.4, -0.2) is 66.3 Å². The first-order chi connectivity index (χ1) is 10.2. The molecule has 2 saturated heterocycles. The largest absolute Gasteiger partial charge is 0.478 e. The van der Waals surface area contributed by atoms with E-state index in [1.807, 2.05) is 12.1 Å². The second-order valence-corrected chi connectivity index (χ2v) is 5.83. The predicted molar refractivity (Wildman–Crippen MR) is 79.5 cm³/mol. The van der Waals surface area contributed by atoms with Crippen molar-refractivity contribution in [3.63, 3.8) is 0 Å². The molecule has 114 valence electrons. The van der Waals surface area contributed by atoms with Crippen LogP contribution < -0.4 is 0 Å². The van der Waals surface area contributed by atoms with E-state index in [2.05, 4.69) is 9.80 Å². The first-order valence-corrected chi connectivity index (χ1v) is 7.59. The molecule has 21 heavy (non-hydrogen) atoms. The highest BCUT2D eigenvalue weighted by molar-refractivity contribution is 5.87. The Balaban J connectivity index is 1.53. The number of benzene rings is 1. The van der Waals surface area contributed by atoms with Gasteiger partial charge < -0.3 is 9.84 Å². The van der Waals surface area contributed by atoms with Gasteiger partial charge in [0.2, 0.25) is 0 Å². The number of hydrogen-bond acceptors (Lipinski definition) is 4. The molecule has 1 aromatic rings. The number of morpholine rings is 1. The van der Waals surface area contributed by atoms with Gasteiger partial charge in [0, 0.05) is 38.8 Å². The molecule has 5 nitrogen and oxygen atoms in total. The van der Waals surface area contributed by atoms with Gasteiger partial charge in [-0.05, 0) is 24.1 Å². The third-order valence-corrected chi connectivity index (χ3v) is 4.42. The van der Waals surface area contributed by atoms with Crippen molar-refractivity contribution in [3.05, 3.63) is 35.4 Å². The van der Waals surface area contributed by atoms with Gasteiger partial charge in [-0.1, -0.05) is 12.1 Å². The average molecular weight is 290 g/mol. The Labute approximate surface area is 125 Å². The smallest absolute Gasteiger partial charge is 0.335 e. The number of hydrogen-bond donors (Lipinski definition) is 1. The van der Waals surface area contributed by atoms with E-state index in [-0.39, 0.29) is 0 Å².